The molecule has 2 aromatic heterocycles. The van der Waals surface area contributed by atoms with Crippen LogP contribution in [0.1, 0.15) is 19.8 Å². The average Bonchev–Trinajstić information content (AvgIpc) is 2.65. The number of hydrogen-bond acceptors (Lipinski definition) is 3. The van der Waals surface area contributed by atoms with Crippen LogP contribution in [0.3, 0.4) is 0 Å². The quantitative estimate of drug-likeness (QED) is 0.838. The Bertz CT molecular complexity index is 579. The number of H-pyrrole nitrogens is 1. The predicted octanol–water partition coefficient (Wildman–Crippen LogP) is 2.92. The van der Waals surface area contributed by atoms with Gasteiger partial charge in [-0.2, -0.15) is 0 Å². The average molecular weight is 240 g/mol. The van der Waals surface area contributed by atoms with Gasteiger partial charge in [0.25, 0.3) is 5.56 Å². The van der Waals surface area contributed by atoms with E-state index in [1.165, 1.54) is 11.3 Å². The summed E-state index contributed by atoms with van der Waals surface area (Å²) in [4.78, 5) is 15.1. The molecule has 0 amide bonds. The van der Waals surface area contributed by atoms with E-state index in [9.17, 15) is 4.79 Å². The van der Waals surface area contributed by atoms with E-state index in [1.54, 1.807) is 4.57 Å². The van der Waals surface area contributed by atoms with Crippen molar-refractivity contribution >= 4 is 33.8 Å². The van der Waals surface area contributed by atoms with Gasteiger partial charge >= 0.3 is 0 Å². The molecule has 0 aliphatic carbocycles. The maximum atomic E-state index is 12.0. The minimum Gasteiger partial charge on any atom is -0.331 e. The molecule has 0 aliphatic rings. The number of fused-ring (bicyclic) bond motifs is 1. The van der Waals surface area contributed by atoms with Gasteiger partial charge in [0.05, 0.1) is 5.52 Å². The number of hydrogen-bond donors (Lipinski definition) is 1. The van der Waals surface area contributed by atoms with Crippen molar-refractivity contribution < 1.29 is 0 Å². The number of thiophene rings is 1. The fourth-order valence-corrected chi connectivity index (χ4v) is 2.57. The van der Waals surface area contributed by atoms with Gasteiger partial charge in [-0.15, -0.1) is 11.3 Å². The molecule has 0 saturated heterocycles. The first kappa shape index (κ1) is 10.6. The fraction of sp³-hybridized carbons (Fsp3) is 0.400. The Hall–Kier alpha value is -0.940. The molecule has 80 valence electrons. The van der Waals surface area contributed by atoms with Crippen LogP contribution in [0.25, 0.3) is 10.2 Å². The van der Waals surface area contributed by atoms with Crippen LogP contribution in [0, 0.1) is 4.77 Å². The van der Waals surface area contributed by atoms with E-state index >= 15 is 0 Å². The molecule has 0 atom stereocenters. The summed E-state index contributed by atoms with van der Waals surface area (Å²) in [6, 6.07) is 1.89. The predicted molar refractivity (Wildman–Crippen MR) is 66.2 cm³/mol. The Morgan fingerprint density at radius 3 is 3.13 bits per heavy atom. The maximum absolute atomic E-state index is 12.0. The second-order valence-corrected chi connectivity index (χ2v) is 4.71. The van der Waals surface area contributed by atoms with Crippen LogP contribution in [0.2, 0.25) is 0 Å². The molecule has 0 fully saturated rings. The number of nitrogens with one attached hydrogen (secondary N) is 1. The maximum Gasteiger partial charge on any atom is 0.272 e. The normalized spacial score (nSPS) is 11.0. The van der Waals surface area contributed by atoms with E-state index in [0.717, 1.165) is 23.1 Å². The second-order valence-electron chi connectivity index (χ2n) is 3.40. The summed E-state index contributed by atoms with van der Waals surface area (Å²) in [5.41, 5.74) is 0.889. The Kier molecular flexibility index (Phi) is 3.02. The first-order chi connectivity index (χ1) is 7.24. The van der Waals surface area contributed by atoms with E-state index in [0.29, 0.717) is 11.3 Å². The fourth-order valence-electron chi connectivity index (χ4n) is 1.49. The minimum atomic E-state index is 0.0391. The zero-order chi connectivity index (χ0) is 10.8. The van der Waals surface area contributed by atoms with Crippen molar-refractivity contribution in [3.8, 4) is 0 Å². The standard InChI is InChI=1S/C10H12N2OS2/c1-2-3-5-12-9(13)8-7(4-6-15-8)11-10(12)14/h4,6H,2-3,5H2,1H3,(H,11,14). The Morgan fingerprint density at radius 1 is 1.60 bits per heavy atom. The molecule has 2 aromatic rings. The van der Waals surface area contributed by atoms with E-state index in [2.05, 4.69) is 11.9 Å². The molecule has 0 radical (unpaired) electrons. The summed E-state index contributed by atoms with van der Waals surface area (Å²) in [7, 11) is 0. The van der Waals surface area contributed by atoms with E-state index in [1.807, 2.05) is 11.4 Å². The largest absolute Gasteiger partial charge is 0.331 e. The van der Waals surface area contributed by atoms with Crippen LogP contribution in [0.15, 0.2) is 16.2 Å². The second kappa shape index (κ2) is 4.28. The van der Waals surface area contributed by atoms with Crippen molar-refractivity contribution in [1.29, 1.82) is 0 Å². The summed E-state index contributed by atoms with van der Waals surface area (Å²) in [6.45, 7) is 2.81. The highest BCUT2D eigenvalue weighted by atomic mass is 32.1. The van der Waals surface area contributed by atoms with Gasteiger partial charge in [0.1, 0.15) is 4.70 Å². The van der Waals surface area contributed by atoms with Gasteiger partial charge in [0.15, 0.2) is 4.77 Å². The number of nitrogens with zero attached hydrogens (tertiary/aromatic N) is 1. The summed E-state index contributed by atoms with van der Waals surface area (Å²) < 4.78 is 2.94. The molecule has 0 saturated carbocycles. The molecule has 0 aromatic carbocycles. The van der Waals surface area contributed by atoms with Gasteiger partial charge in [-0.3, -0.25) is 9.36 Å². The molecule has 2 heterocycles. The van der Waals surface area contributed by atoms with Gasteiger partial charge in [0.2, 0.25) is 0 Å². The van der Waals surface area contributed by atoms with Crippen molar-refractivity contribution in [1.82, 2.24) is 9.55 Å². The van der Waals surface area contributed by atoms with Gasteiger partial charge in [-0.1, -0.05) is 13.3 Å². The minimum absolute atomic E-state index is 0.0391. The van der Waals surface area contributed by atoms with Gasteiger partial charge in [-0.05, 0) is 30.1 Å². The summed E-state index contributed by atoms with van der Waals surface area (Å²) in [6.07, 6.45) is 2.04. The zero-order valence-electron chi connectivity index (χ0n) is 8.45. The highest BCUT2D eigenvalue weighted by molar-refractivity contribution is 7.71. The van der Waals surface area contributed by atoms with Crippen molar-refractivity contribution in [3.63, 3.8) is 0 Å². The number of aromatic nitrogens is 2. The van der Waals surface area contributed by atoms with Crippen molar-refractivity contribution in [3.05, 3.63) is 26.6 Å². The van der Waals surface area contributed by atoms with Crippen LogP contribution in [-0.2, 0) is 6.54 Å². The van der Waals surface area contributed by atoms with Crippen LogP contribution in [0.4, 0.5) is 0 Å². The molecule has 0 aliphatic heterocycles. The molecule has 0 spiro atoms. The molecule has 2 rings (SSSR count). The Morgan fingerprint density at radius 2 is 2.40 bits per heavy atom. The number of rotatable bonds is 3. The zero-order valence-corrected chi connectivity index (χ0v) is 10.1. The van der Waals surface area contributed by atoms with Gasteiger partial charge < -0.3 is 4.98 Å². The van der Waals surface area contributed by atoms with E-state index in [-0.39, 0.29) is 5.56 Å². The summed E-state index contributed by atoms with van der Waals surface area (Å²) in [5, 5.41) is 1.90. The first-order valence-corrected chi connectivity index (χ1v) is 6.23. The van der Waals surface area contributed by atoms with Gasteiger partial charge in [-0.25, -0.2) is 0 Å². The van der Waals surface area contributed by atoms with Crippen LogP contribution in [0.5, 0.6) is 0 Å². The van der Waals surface area contributed by atoms with Crippen molar-refractivity contribution in [2.45, 2.75) is 26.3 Å². The highest BCUT2D eigenvalue weighted by Crippen LogP contribution is 2.13. The highest BCUT2D eigenvalue weighted by Gasteiger charge is 2.05. The molecule has 3 nitrogen and oxygen atoms in total. The third-order valence-electron chi connectivity index (χ3n) is 2.33. The molecular weight excluding hydrogens is 228 g/mol. The van der Waals surface area contributed by atoms with E-state index in [4.69, 9.17) is 12.2 Å². The SMILES string of the molecule is CCCCn1c(=S)[nH]c2ccsc2c1=O. The third kappa shape index (κ3) is 1.89. The first-order valence-electron chi connectivity index (χ1n) is 4.94. The summed E-state index contributed by atoms with van der Waals surface area (Å²) in [5.74, 6) is 0. The monoisotopic (exact) mass is 240 g/mol. The van der Waals surface area contributed by atoms with Gasteiger partial charge in [0, 0.05) is 6.54 Å². The lowest BCUT2D eigenvalue weighted by Crippen LogP contribution is -2.21. The smallest absolute Gasteiger partial charge is 0.272 e. The number of aromatic amines is 1. The molecular formula is C10H12N2OS2. The number of unbranched alkanes of at least 4 members (excludes halogenated alkanes) is 1. The van der Waals surface area contributed by atoms with E-state index < -0.39 is 0 Å². The Labute approximate surface area is 96.4 Å². The summed E-state index contributed by atoms with van der Waals surface area (Å²) >= 11 is 6.62. The topological polar surface area (TPSA) is 37.8 Å². The lowest BCUT2D eigenvalue weighted by molar-refractivity contribution is 0.602. The molecule has 15 heavy (non-hydrogen) atoms. The Balaban J connectivity index is 2.62. The molecule has 0 bridgehead atoms. The lowest BCUT2D eigenvalue weighted by Gasteiger charge is -2.04. The van der Waals surface area contributed by atoms with Crippen molar-refractivity contribution in [2.24, 2.45) is 0 Å². The van der Waals surface area contributed by atoms with Crippen LogP contribution < -0.4 is 5.56 Å². The molecule has 1 N–H and O–H groups in total. The lowest BCUT2D eigenvalue weighted by atomic mass is 10.3. The third-order valence-corrected chi connectivity index (χ3v) is 3.55. The van der Waals surface area contributed by atoms with Crippen LogP contribution in [-0.4, -0.2) is 9.55 Å². The molecule has 0 unspecified atom stereocenters. The van der Waals surface area contributed by atoms with Crippen LogP contribution >= 0.6 is 23.6 Å². The molecule has 5 heteroatoms. The van der Waals surface area contributed by atoms with Crippen molar-refractivity contribution in [2.75, 3.05) is 0 Å².